The fourth-order valence-corrected chi connectivity index (χ4v) is 4.91. The van der Waals surface area contributed by atoms with Gasteiger partial charge in [-0.3, -0.25) is 4.79 Å². The molecule has 2 N–H and O–H groups in total. The van der Waals surface area contributed by atoms with Crippen LogP contribution in [0.2, 0.25) is 5.02 Å². The summed E-state index contributed by atoms with van der Waals surface area (Å²) in [7, 11) is -3.87. The average molecular weight is 444 g/mol. The SMILES string of the molecule is O=C(O)CCCc1ccc(C(NS(=O)(=O)c2ccccc2Cl)c2ccccc2)cc1. The molecule has 0 saturated carbocycles. The van der Waals surface area contributed by atoms with Gasteiger partial charge in [0, 0.05) is 6.42 Å². The van der Waals surface area contributed by atoms with Crippen molar-refractivity contribution in [2.45, 2.75) is 30.2 Å². The Labute approximate surface area is 181 Å². The second kappa shape index (κ2) is 9.89. The maximum atomic E-state index is 13.0. The summed E-state index contributed by atoms with van der Waals surface area (Å²) in [4.78, 5) is 10.7. The van der Waals surface area contributed by atoms with Crippen molar-refractivity contribution in [3.8, 4) is 0 Å². The highest BCUT2D eigenvalue weighted by Gasteiger charge is 2.24. The molecule has 7 heteroatoms. The van der Waals surface area contributed by atoms with Gasteiger partial charge in [-0.2, -0.15) is 4.72 Å². The van der Waals surface area contributed by atoms with Crippen LogP contribution in [0.15, 0.2) is 83.8 Å². The van der Waals surface area contributed by atoms with Crippen LogP contribution < -0.4 is 4.72 Å². The highest BCUT2D eigenvalue weighted by Crippen LogP contribution is 2.27. The summed E-state index contributed by atoms with van der Waals surface area (Å²) >= 11 is 6.11. The first kappa shape index (κ1) is 22.0. The molecule has 0 aliphatic heterocycles. The Kier molecular flexibility index (Phi) is 7.26. The minimum absolute atomic E-state index is 0.0258. The van der Waals surface area contributed by atoms with Crippen LogP contribution in [0.5, 0.6) is 0 Å². The van der Waals surface area contributed by atoms with Gasteiger partial charge in [-0.05, 0) is 41.7 Å². The van der Waals surface area contributed by atoms with Crippen molar-refractivity contribution < 1.29 is 18.3 Å². The van der Waals surface area contributed by atoms with E-state index in [1.807, 2.05) is 54.6 Å². The largest absolute Gasteiger partial charge is 0.481 e. The molecule has 0 aliphatic carbocycles. The lowest BCUT2D eigenvalue weighted by molar-refractivity contribution is -0.137. The van der Waals surface area contributed by atoms with Gasteiger partial charge >= 0.3 is 5.97 Å². The van der Waals surface area contributed by atoms with E-state index in [2.05, 4.69) is 4.72 Å². The van der Waals surface area contributed by atoms with E-state index in [1.54, 1.807) is 18.2 Å². The molecule has 1 unspecified atom stereocenters. The molecule has 30 heavy (non-hydrogen) atoms. The van der Waals surface area contributed by atoms with E-state index in [4.69, 9.17) is 16.7 Å². The molecular formula is C23H22ClNO4S. The van der Waals surface area contributed by atoms with Gasteiger partial charge < -0.3 is 5.11 Å². The zero-order chi connectivity index (χ0) is 21.6. The van der Waals surface area contributed by atoms with E-state index >= 15 is 0 Å². The Morgan fingerprint density at radius 3 is 2.13 bits per heavy atom. The lowest BCUT2D eigenvalue weighted by atomic mass is 9.97. The topological polar surface area (TPSA) is 83.5 Å². The summed E-state index contributed by atoms with van der Waals surface area (Å²) in [5.74, 6) is -0.815. The van der Waals surface area contributed by atoms with Gasteiger partial charge in [0.2, 0.25) is 10.0 Å². The summed E-state index contributed by atoms with van der Waals surface area (Å²) in [6, 6.07) is 22.6. The zero-order valence-electron chi connectivity index (χ0n) is 16.2. The number of sulfonamides is 1. The van der Waals surface area contributed by atoms with Crippen LogP contribution in [0.1, 0.15) is 35.6 Å². The molecule has 0 aliphatic rings. The summed E-state index contributed by atoms with van der Waals surface area (Å²) in [6.07, 6.45) is 1.32. The highest BCUT2D eigenvalue weighted by molar-refractivity contribution is 7.89. The van der Waals surface area contributed by atoms with Crippen LogP contribution in [-0.2, 0) is 21.2 Å². The first-order chi connectivity index (χ1) is 14.4. The van der Waals surface area contributed by atoms with Crippen molar-refractivity contribution in [1.29, 1.82) is 0 Å². The number of carbonyl (C=O) groups is 1. The molecule has 0 spiro atoms. The number of carboxylic acid groups (broad SMARTS) is 1. The lowest BCUT2D eigenvalue weighted by Gasteiger charge is -2.20. The van der Waals surface area contributed by atoms with Crippen LogP contribution in [-0.4, -0.2) is 19.5 Å². The second-order valence-corrected chi connectivity index (χ2v) is 8.97. The molecule has 0 saturated heterocycles. The van der Waals surface area contributed by atoms with Gasteiger partial charge in [-0.15, -0.1) is 0 Å². The number of aryl methyl sites for hydroxylation is 1. The van der Waals surface area contributed by atoms with Crippen molar-refractivity contribution >= 4 is 27.6 Å². The standard InChI is InChI=1S/C23H22ClNO4S/c24-20-10-4-5-11-21(20)30(28,29)25-23(18-8-2-1-3-9-18)19-15-13-17(14-16-19)7-6-12-22(26)27/h1-5,8-11,13-16,23,25H,6-7,12H2,(H,26,27). The normalized spacial score (nSPS) is 12.4. The van der Waals surface area contributed by atoms with E-state index in [0.29, 0.717) is 12.8 Å². The monoisotopic (exact) mass is 443 g/mol. The van der Waals surface area contributed by atoms with Gasteiger partial charge in [0.15, 0.2) is 0 Å². The molecule has 0 aromatic heterocycles. The molecule has 0 heterocycles. The Balaban J connectivity index is 1.89. The molecular weight excluding hydrogens is 422 g/mol. The third-order valence-corrected chi connectivity index (χ3v) is 6.62. The fourth-order valence-electron chi connectivity index (χ4n) is 3.18. The van der Waals surface area contributed by atoms with Crippen LogP contribution in [0.3, 0.4) is 0 Å². The highest BCUT2D eigenvalue weighted by atomic mass is 35.5. The molecule has 0 amide bonds. The fraction of sp³-hybridized carbons (Fsp3) is 0.174. The van der Waals surface area contributed by atoms with Crippen molar-refractivity contribution in [2.24, 2.45) is 0 Å². The van der Waals surface area contributed by atoms with Crippen molar-refractivity contribution in [3.05, 3.63) is 101 Å². The maximum Gasteiger partial charge on any atom is 0.303 e. The van der Waals surface area contributed by atoms with E-state index in [0.717, 1.165) is 16.7 Å². The molecule has 5 nitrogen and oxygen atoms in total. The maximum absolute atomic E-state index is 13.0. The molecule has 0 bridgehead atoms. The summed E-state index contributed by atoms with van der Waals surface area (Å²) in [5.41, 5.74) is 2.58. The Hall–Kier alpha value is -2.67. The lowest BCUT2D eigenvalue weighted by Crippen LogP contribution is -2.29. The van der Waals surface area contributed by atoms with Gasteiger partial charge in [0.25, 0.3) is 0 Å². The summed E-state index contributed by atoms with van der Waals surface area (Å²) in [5, 5.41) is 8.94. The molecule has 0 radical (unpaired) electrons. The van der Waals surface area contributed by atoms with Crippen LogP contribution >= 0.6 is 11.6 Å². The number of benzene rings is 3. The predicted octanol–water partition coefficient (Wildman–Crippen LogP) is 4.82. The predicted molar refractivity (Wildman–Crippen MR) is 117 cm³/mol. The first-order valence-corrected chi connectivity index (χ1v) is 11.4. The van der Waals surface area contributed by atoms with Gasteiger partial charge in [0.1, 0.15) is 4.90 Å². The van der Waals surface area contributed by atoms with Crippen LogP contribution in [0, 0.1) is 0 Å². The minimum Gasteiger partial charge on any atom is -0.481 e. The van der Waals surface area contributed by atoms with Crippen LogP contribution in [0.4, 0.5) is 0 Å². The van der Waals surface area contributed by atoms with E-state index in [1.165, 1.54) is 6.07 Å². The number of aliphatic carboxylic acids is 1. The van der Waals surface area contributed by atoms with Gasteiger partial charge in [0.05, 0.1) is 11.1 Å². The molecule has 3 aromatic carbocycles. The smallest absolute Gasteiger partial charge is 0.303 e. The van der Waals surface area contributed by atoms with E-state index in [-0.39, 0.29) is 16.3 Å². The molecule has 1 atom stereocenters. The van der Waals surface area contributed by atoms with Crippen LogP contribution in [0.25, 0.3) is 0 Å². The van der Waals surface area contributed by atoms with Crippen molar-refractivity contribution in [3.63, 3.8) is 0 Å². The van der Waals surface area contributed by atoms with Crippen molar-refractivity contribution in [2.75, 3.05) is 0 Å². The third-order valence-electron chi connectivity index (χ3n) is 4.70. The minimum atomic E-state index is -3.87. The number of nitrogens with one attached hydrogen (secondary N) is 1. The third kappa shape index (κ3) is 5.69. The molecule has 156 valence electrons. The summed E-state index contributed by atoms with van der Waals surface area (Å²) < 4.78 is 28.8. The van der Waals surface area contributed by atoms with Gasteiger partial charge in [-0.25, -0.2) is 8.42 Å². The first-order valence-electron chi connectivity index (χ1n) is 9.49. The zero-order valence-corrected chi connectivity index (χ0v) is 17.7. The number of hydrogen-bond acceptors (Lipinski definition) is 3. The number of halogens is 1. The van der Waals surface area contributed by atoms with E-state index in [9.17, 15) is 13.2 Å². The summed E-state index contributed by atoms with van der Waals surface area (Å²) in [6.45, 7) is 0. The Bertz CT molecular complexity index is 1100. The second-order valence-electron chi connectivity index (χ2n) is 6.88. The van der Waals surface area contributed by atoms with E-state index < -0.39 is 22.0 Å². The molecule has 3 rings (SSSR count). The molecule has 3 aromatic rings. The number of hydrogen-bond donors (Lipinski definition) is 2. The molecule has 0 fully saturated rings. The Morgan fingerprint density at radius 1 is 0.900 bits per heavy atom. The Morgan fingerprint density at radius 2 is 1.50 bits per heavy atom. The van der Waals surface area contributed by atoms with Crippen molar-refractivity contribution in [1.82, 2.24) is 4.72 Å². The average Bonchev–Trinajstić information content (AvgIpc) is 2.73. The number of rotatable bonds is 9. The quantitative estimate of drug-likeness (QED) is 0.496. The van der Waals surface area contributed by atoms with Gasteiger partial charge in [-0.1, -0.05) is 78.3 Å². The number of carboxylic acids is 1.